The summed E-state index contributed by atoms with van der Waals surface area (Å²) in [6.07, 6.45) is 2.21. The van der Waals surface area contributed by atoms with Crippen LogP contribution in [-0.4, -0.2) is 22.5 Å². The van der Waals surface area contributed by atoms with E-state index < -0.39 is 0 Å². The summed E-state index contributed by atoms with van der Waals surface area (Å²) >= 11 is 0. The maximum absolute atomic E-state index is 13.1. The molecule has 2 aromatic heterocycles. The van der Waals surface area contributed by atoms with Crippen molar-refractivity contribution in [2.24, 2.45) is 5.10 Å². The lowest BCUT2D eigenvalue weighted by atomic mass is 9.93. The summed E-state index contributed by atoms with van der Waals surface area (Å²) in [4.78, 5) is 30.2. The molecule has 2 heterocycles. The minimum atomic E-state index is -0.385. The predicted octanol–water partition coefficient (Wildman–Crippen LogP) is 5.48. The quantitative estimate of drug-likeness (QED) is 0.390. The first kappa shape index (κ1) is 22.5. The zero-order chi connectivity index (χ0) is 24.5. The number of hydrogen-bond donors (Lipinski definition) is 2. The van der Waals surface area contributed by atoms with Crippen molar-refractivity contribution in [3.63, 3.8) is 0 Å². The third-order valence-corrected chi connectivity index (χ3v) is 6.30. The largest absolute Gasteiger partial charge is 0.455 e. The van der Waals surface area contributed by atoms with Gasteiger partial charge in [-0.05, 0) is 62.9 Å². The summed E-state index contributed by atoms with van der Waals surface area (Å²) in [5.41, 5.74) is 8.70. The number of carbonyl (C=O) groups excluding carboxylic acids is 2. The minimum Gasteiger partial charge on any atom is -0.455 e. The molecule has 0 fully saturated rings. The highest BCUT2D eigenvalue weighted by Gasteiger charge is 2.28. The number of nitrogens with one attached hydrogen (secondary N) is 2. The Bertz CT molecular complexity index is 1500. The Morgan fingerprint density at radius 2 is 1.80 bits per heavy atom. The zero-order valence-corrected chi connectivity index (χ0v) is 19.9. The Morgan fingerprint density at radius 1 is 0.971 bits per heavy atom. The summed E-state index contributed by atoms with van der Waals surface area (Å²) in [7, 11) is 0. The number of rotatable bonds is 4. The maximum Gasteiger partial charge on any atom is 0.291 e. The lowest BCUT2D eigenvalue weighted by Crippen LogP contribution is -2.23. The van der Waals surface area contributed by atoms with Gasteiger partial charge in [0.2, 0.25) is 0 Å². The number of fused-ring (bicyclic) bond motifs is 2. The number of pyridine rings is 1. The summed E-state index contributed by atoms with van der Waals surface area (Å²) < 4.78 is 5.99. The molecule has 176 valence electrons. The van der Waals surface area contributed by atoms with Crippen LogP contribution in [0.15, 0.2) is 64.1 Å². The Labute approximate surface area is 203 Å². The van der Waals surface area contributed by atoms with Crippen molar-refractivity contribution < 1.29 is 14.0 Å². The lowest BCUT2D eigenvalue weighted by molar-refractivity contribution is 0.0949. The van der Waals surface area contributed by atoms with Crippen LogP contribution >= 0.6 is 0 Å². The Morgan fingerprint density at radius 3 is 2.66 bits per heavy atom. The van der Waals surface area contributed by atoms with Gasteiger partial charge in [-0.2, -0.15) is 5.10 Å². The number of carbonyl (C=O) groups is 2. The summed E-state index contributed by atoms with van der Waals surface area (Å²) in [6.45, 7) is 5.79. The summed E-state index contributed by atoms with van der Waals surface area (Å²) in [5, 5.41) is 8.34. The van der Waals surface area contributed by atoms with Gasteiger partial charge in [-0.25, -0.2) is 10.4 Å². The topological polar surface area (TPSA) is 96.6 Å². The van der Waals surface area contributed by atoms with Crippen molar-refractivity contribution >= 4 is 34.1 Å². The molecule has 7 heteroatoms. The van der Waals surface area contributed by atoms with Crippen LogP contribution in [-0.2, 0) is 6.42 Å². The highest BCUT2D eigenvalue weighted by molar-refractivity contribution is 6.09. The molecule has 4 aromatic rings. The third kappa shape index (κ3) is 4.45. The Kier molecular flexibility index (Phi) is 5.91. The number of hydrogen-bond acceptors (Lipinski definition) is 5. The molecule has 0 bridgehead atoms. The first-order chi connectivity index (χ1) is 16.9. The van der Waals surface area contributed by atoms with Crippen LogP contribution in [0.3, 0.4) is 0 Å². The van der Waals surface area contributed by atoms with Gasteiger partial charge in [-0.3, -0.25) is 9.59 Å². The number of benzene rings is 2. The van der Waals surface area contributed by atoms with Crippen LogP contribution in [0.5, 0.6) is 0 Å². The van der Waals surface area contributed by atoms with Crippen molar-refractivity contribution in [2.45, 2.75) is 40.0 Å². The SMILES string of the molecule is Cc1ccc(C)c(NC(=O)c2oc3c(c2C)/C(=N/NC(=O)c2ccc4ccccc4n2)CCC3)c1. The number of furan rings is 1. The summed E-state index contributed by atoms with van der Waals surface area (Å²) in [6, 6.07) is 17.1. The molecular formula is C28H26N4O3. The fourth-order valence-corrected chi connectivity index (χ4v) is 4.41. The number of amides is 2. The molecule has 1 aliphatic rings. The highest BCUT2D eigenvalue weighted by atomic mass is 16.4. The van der Waals surface area contributed by atoms with Crippen molar-refractivity contribution in [3.8, 4) is 0 Å². The average Bonchev–Trinajstić information content (AvgIpc) is 3.21. The second kappa shape index (κ2) is 9.18. The van der Waals surface area contributed by atoms with Crippen LogP contribution in [0.4, 0.5) is 5.69 Å². The van der Waals surface area contributed by atoms with Gasteiger partial charge in [0.15, 0.2) is 5.76 Å². The molecule has 5 rings (SSSR count). The number of nitrogens with zero attached hydrogens (tertiary/aromatic N) is 2. The fraction of sp³-hybridized carbons (Fsp3) is 0.214. The van der Waals surface area contributed by atoms with Crippen LogP contribution in [0.1, 0.15) is 61.9 Å². The van der Waals surface area contributed by atoms with Crippen molar-refractivity contribution in [1.82, 2.24) is 10.4 Å². The average molecular weight is 467 g/mol. The van der Waals surface area contributed by atoms with Gasteiger partial charge in [0.25, 0.3) is 11.8 Å². The number of hydrazone groups is 1. The van der Waals surface area contributed by atoms with E-state index in [9.17, 15) is 9.59 Å². The first-order valence-corrected chi connectivity index (χ1v) is 11.6. The standard InChI is InChI=1S/C28H26N4O3/c1-16-11-12-17(2)23(15-16)30-28(34)26-18(3)25-21(9-6-10-24(25)35-26)31-32-27(33)22-14-13-19-7-4-5-8-20(19)29-22/h4-5,7-8,11-15H,6,9-10H2,1-3H3,(H,30,34)(H,32,33)/b31-21+. The number of para-hydroxylation sites is 1. The monoisotopic (exact) mass is 466 g/mol. The van der Waals surface area contributed by atoms with Gasteiger partial charge in [-0.15, -0.1) is 0 Å². The second-order valence-corrected chi connectivity index (χ2v) is 8.87. The van der Waals surface area contributed by atoms with E-state index in [0.29, 0.717) is 24.2 Å². The van der Waals surface area contributed by atoms with Gasteiger partial charge in [-0.1, -0.05) is 36.4 Å². The molecule has 0 atom stereocenters. The molecule has 0 saturated carbocycles. The van der Waals surface area contributed by atoms with Crippen LogP contribution in [0.25, 0.3) is 10.9 Å². The van der Waals surface area contributed by atoms with E-state index in [1.807, 2.05) is 69.3 Å². The van der Waals surface area contributed by atoms with Crippen LogP contribution < -0.4 is 10.7 Å². The predicted molar refractivity (Wildman–Crippen MR) is 136 cm³/mol. The normalized spacial score (nSPS) is 14.1. The van der Waals surface area contributed by atoms with Gasteiger partial charge in [0.05, 0.1) is 11.2 Å². The van der Waals surface area contributed by atoms with E-state index in [2.05, 4.69) is 20.8 Å². The van der Waals surface area contributed by atoms with Gasteiger partial charge < -0.3 is 9.73 Å². The smallest absolute Gasteiger partial charge is 0.291 e. The minimum absolute atomic E-state index is 0.271. The Hall–Kier alpha value is -4.26. The summed E-state index contributed by atoms with van der Waals surface area (Å²) in [5.74, 6) is 0.309. The van der Waals surface area contributed by atoms with Gasteiger partial charge in [0.1, 0.15) is 11.5 Å². The molecule has 7 nitrogen and oxygen atoms in total. The van der Waals surface area contributed by atoms with Gasteiger partial charge >= 0.3 is 0 Å². The van der Waals surface area contributed by atoms with Crippen LogP contribution in [0.2, 0.25) is 0 Å². The van der Waals surface area contributed by atoms with Gasteiger partial charge in [0, 0.05) is 28.6 Å². The van der Waals surface area contributed by atoms with E-state index in [1.165, 1.54) is 0 Å². The van der Waals surface area contributed by atoms with E-state index in [-0.39, 0.29) is 17.6 Å². The molecule has 35 heavy (non-hydrogen) atoms. The molecule has 0 radical (unpaired) electrons. The first-order valence-electron chi connectivity index (χ1n) is 11.6. The molecule has 0 aliphatic heterocycles. The lowest BCUT2D eigenvalue weighted by Gasteiger charge is -2.13. The maximum atomic E-state index is 13.1. The zero-order valence-electron chi connectivity index (χ0n) is 19.9. The molecule has 2 amide bonds. The number of anilines is 1. The molecule has 2 N–H and O–H groups in total. The number of aromatic nitrogens is 1. The molecule has 0 spiro atoms. The van der Waals surface area contributed by atoms with E-state index in [0.717, 1.165) is 51.0 Å². The molecule has 2 aromatic carbocycles. The van der Waals surface area contributed by atoms with E-state index in [1.54, 1.807) is 6.07 Å². The molecule has 0 unspecified atom stereocenters. The Balaban J connectivity index is 1.38. The van der Waals surface area contributed by atoms with Crippen molar-refractivity contribution in [3.05, 3.63) is 94.1 Å². The van der Waals surface area contributed by atoms with Crippen molar-refractivity contribution in [2.75, 3.05) is 5.32 Å². The van der Waals surface area contributed by atoms with E-state index in [4.69, 9.17) is 4.42 Å². The molecule has 0 saturated heterocycles. The number of aryl methyl sites for hydroxylation is 3. The van der Waals surface area contributed by atoms with Crippen LogP contribution in [0, 0.1) is 20.8 Å². The highest BCUT2D eigenvalue weighted by Crippen LogP contribution is 2.30. The molecule has 1 aliphatic carbocycles. The third-order valence-electron chi connectivity index (χ3n) is 6.30. The van der Waals surface area contributed by atoms with E-state index >= 15 is 0 Å². The fourth-order valence-electron chi connectivity index (χ4n) is 4.41. The molecular weight excluding hydrogens is 440 g/mol. The van der Waals surface area contributed by atoms with Crippen molar-refractivity contribution in [1.29, 1.82) is 0 Å². The second-order valence-electron chi connectivity index (χ2n) is 8.87.